The molecule has 2 fully saturated rings. The normalized spacial score (nSPS) is 48.5. The summed E-state index contributed by atoms with van der Waals surface area (Å²) in [5, 5.41) is 9.04. The Hall–Kier alpha value is -0.570. The highest BCUT2D eigenvalue weighted by molar-refractivity contribution is 5.68. The molecule has 0 aromatic rings. The second kappa shape index (κ2) is 3.48. The standard InChI is InChI=1S/C12H21NO2/c1-7-9-3-4-10(9)8(2)12(7,6-13)5-11(14)15/h7-10H,3-6,13H2,1-2H3,(H,14,15)/t7-,8+,9-,10+,12?. The van der Waals surface area contributed by atoms with E-state index in [-0.39, 0.29) is 11.8 Å². The van der Waals surface area contributed by atoms with Gasteiger partial charge in [0.1, 0.15) is 0 Å². The van der Waals surface area contributed by atoms with Gasteiger partial charge in [-0.15, -0.1) is 0 Å². The van der Waals surface area contributed by atoms with Gasteiger partial charge in [-0.05, 0) is 48.5 Å². The van der Waals surface area contributed by atoms with Crippen molar-refractivity contribution in [1.82, 2.24) is 0 Å². The molecule has 0 aromatic heterocycles. The van der Waals surface area contributed by atoms with Crippen LogP contribution in [-0.2, 0) is 4.79 Å². The van der Waals surface area contributed by atoms with Gasteiger partial charge >= 0.3 is 5.97 Å². The molecule has 1 unspecified atom stereocenters. The van der Waals surface area contributed by atoms with E-state index in [1.165, 1.54) is 12.8 Å². The molecule has 3 N–H and O–H groups in total. The lowest BCUT2D eigenvalue weighted by Crippen LogP contribution is -2.40. The molecule has 0 heterocycles. The minimum absolute atomic E-state index is 0.141. The molecule has 0 aromatic carbocycles. The van der Waals surface area contributed by atoms with Gasteiger partial charge in [0, 0.05) is 0 Å². The number of nitrogens with two attached hydrogens (primary N) is 1. The third kappa shape index (κ3) is 1.32. The van der Waals surface area contributed by atoms with Crippen molar-refractivity contribution < 1.29 is 9.90 Å². The van der Waals surface area contributed by atoms with Crippen molar-refractivity contribution in [2.75, 3.05) is 6.54 Å². The number of rotatable bonds is 3. The minimum Gasteiger partial charge on any atom is -0.481 e. The van der Waals surface area contributed by atoms with E-state index in [1.807, 2.05) is 0 Å². The largest absolute Gasteiger partial charge is 0.481 e. The summed E-state index contributed by atoms with van der Waals surface area (Å²) in [6, 6.07) is 0. The summed E-state index contributed by atoms with van der Waals surface area (Å²) in [7, 11) is 0. The number of carbonyl (C=O) groups is 1. The van der Waals surface area contributed by atoms with Crippen LogP contribution >= 0.6 is 0 Å². The summed E-state index contributed by atoms with van der Waals surface area (Å²) in [4.78, 5) is 11.0. The Morgan fingerprint density at radius 2 is 1.80 bits per heavy atom. The van der Waals surface area contributed by atoms with Gasteiger partial charge in [-0.25, -0.2) is 0 Å². The van der Waals surface area contributed by atoms with E-state index in [0.29, 0.717) is 18.4 Å². The molecule has 0 spiro atoms. The van der Waals surface area contributed by atoms with Gasteiger partial charge < -0.3 is 10.8 Å². The number of aliphatic carboxylic acids is 1. The average molecular weight is 211 g/mol. The highest BCUT2D eigenvalue weighted by atomic mass is 16.4. The summed E-state index contributed by atoms with van der Waals surface area (Å²) < 4.78 is 0. The molecule has 5 atom stereocenters. The zero-order chi connectivity index (χ0) is 11.2. The first-order valence-corrected chi connectivity index (χ1v) is 5.95. The lowest BCUT2D eigenvalue weighted by Gasteiger charge is -2.35. The first kappa shape index (κ1) is 10.9. The number of carboxylic acids is 1. The lowest BCUT2D eigenvalue weighted by molar-refractivity contribution is -0.141. The average Bonchev–Trinajstić information content (AvgIpc) is 2.22. The quantitative estimate of drug-likeness (QED) is 0.747. The number of hydrogen-bond acceptors (Lipinski definition) is 2. The number of fused-ring (bicyclic) bond motifs is 1. The monoisotopic (exact) mass is 211 g/mol. The Morgan fingerprint density at radius 3 is 2.07 bits per heavy atom. The van der Waals surface area contributed by atoms with Crippen molar-refractivity contribution in [2.24, 2.45) is 34.8 Å². The molecule has 0 radical (unpaired) electrons. The fourth-order valence-corrected chi connectivity index (χ4v) is 4.11. The summed E-state index contributed by atoms with van der Waals surface area (Å²) in [6.45, 7) is 4.93. The van der Waals surface area contributed by atoms with Crippen molar-refractivity contribution in [3.05, 3.63) is 0 Å². The Labute approximate surface area is 91.0 Å². The van der Waals surface area contributed by atoms with Crippen molar-refractivity contribution in [3.8, 4) is 0 Å². The summed E-state index contributed by atoms with van der Waals surface area (Å²) in [5.74, 6) is 1.74. The van der Waals surface area contributed by atoms with Crippen LogP contribution in [0.2, 0.25) is 0 Å². The third-order valence-electron chi connectivity index (χ3n) is 5.34. The predicted octanol–water partition coefficient (Wildman–Crippen LogP) is 1.72. The van der Waals surface area contributed by atoms with E-state index in [0.717, 1.165) is 11.8 Å². The maximum Gasteiger partial charge on any atom is 0.303 e. The van der Waals surface area contributed by atoms with Gasteiger partial charge in [0.15, 0.2) is 0 Å². The molecule has 3 heteroatoms. The minimum atomic E-state index is -0.694. The smallest absolute Gasteiger partial charge is 0.303 e. The molecule has 15 heavy (non-hydrogen) atoms. The number of hydrogen-bond donors (Lipinski definition) is 2. The molecule has 0 amide bonds. The van der Waals surface area contributed by atoms with E-state index in [9.17, 15) is 4.79 Å². The van der Waals surface area contributed by atoms with Crippen LogP contribution < -0.4 is 5.73 Å². The fraction of sp³-hybridized carbons (Fsp3) is 0.917. The van der Waals surface area contributed by atoms with Crippen LogP contribution in [0.4, 0.5) is 0 Å². The van der Waals surface area contributed by atoms with Crippen LogP contribution in [0, 0.1) is 29.1 Å². The van der Waals surface area contributed by atoms with E-state index in [4.69, 9.17) is 10.8 Å². The summed E-state index contributed by atoms with van der Waals surface area (Å²) >= 11 is 0. The molecular formula is C12H21NO2. The van der Waals surface area contributed by atoms with Gasteiger partial charge in [-0.1, -0.05) is 13.8 Å². The Kier molecular flexibility index (Phi) is 2.53. The predicted molar refractivity (Wildman–Crippen MR) is 58.3 cm³/mol. The van der Waals surface area contributed by atoms with Crippen LogP contribution in [0.1, 0.15) is 33.1 Å². The molecule has 3 nitrogen and oxygen atoms in total. The Morgan fingerprint density at radius 1 is 1.33 bits per heavy atom. The second-order valence-corrected chi connectivity index (χ2v) is 5.49. The molecule has 86 valence electrons. The summed E-state index contributed by atoms with van der Waals surface area (Å²) in [5.41, 5.74) is 5.75. The number of carboxylic acid groups (broad SMARTS) is 1. The van der Waals surface area contributed by atoms with Crippen LogP contribution in [0.5, 0.6) is 0 Å². The molecule has 2 aliphatic carbocycles. The van der Waals surface area contributed by atoms with E-state index >= 15 is 0 Å². The van der Waals surface area contributed by atoms with Gasteiger partial charge in [0.2, 0.25) is 0 Å². The fourth-order valence-electron chi connectivity index (χ4n) is 4.11. The van der Waals surface area contributed by atoms with Crippen molar-refractivity contribution in [3.63, 3.8) is 0 Å². The lowest BCUT2D eigenvalue weighted by atomic mass is 9.70. The van der Waals surface area contributed by atoms with E-state index in [1.54, 1.807) is 0 Å². The Balaban J connectivity index is 2.26. The maximum absolute atomic E-state index is 11.0. The first-order valence-electron chi connectivity index (χ1n) is 5.95. The molecule has 2 rings (SSSR count). The zero-order valence-electron chi connectivity index (χ0n) is 9.57. The van der Waals surface area contributed by atoms with E-state index in [2.05, 4.69) is 13.8 Å². The third-order valence-corrected chi connectivity index (χ3v) is 5.34. The highest BCUT2D eigenvalue weighted by Crippen LogP contribution is 2.63. The highest BCUT2D eigenvalue weighted by Gasteiger charge is 2.59. The molecular weight excluding hydrogens is 190 g/mol. The Bertz CT molecular complexity index is 261. The SMILES string of the molecule is C[C@@H]1[C@H]2CC[C@H]2[C@H](C)C1(CN)CC(=O)O. The van der Waals surface area contributed by atoms with Crippen LogP contribution in [0.15, 0.2) is 0 Å². The van der Waals surface area contributed by atoms with Crippen molar-refractivity contribution in [1.29, 1.82) is 0 Å². The first-order chi connectivity index (χ1) is 7.03. The van der Waals surface area contributed by atoms with Crippen molar-refractivity contribution >= 4 is 5.97 Å². The van der Waals surface area contributed by atoms with E-state index < -0.39 is 5.97 Å². The van der Waals surface area contributed by atoms with Crippen LogP contribution in [-0.4, -0.2) is 17.6 Å². The maximum atomic E-state index is 11.0. The topological polar surface area (TPSA) is 63.3 Å². The molecule has 2 saturated carbocycles. The molecule has 0 saturated heterocycles. The van der Waals surface area contributed by atoms with Crippen LogP contribution in [0.3, 0.4) is 0 Å². The van der Waals surface area contributed by atoms with Gasteiger partial charge in [0.25, 0.3) is 0 Å². The molecule has 2 aliphatic rings. The van der Waals surface area contributed by atoms with Crippen LogP contribution in [0.25, 0.3) is 0 Å². The summed E-state index contributed by atoms with van der Waals surface area (Å²) in [6.07, 6.45) is 2.80. The zero-order valence-corrected chi connectivity index (χ0v) is 9.57. The molecule has 0 aliphatic heterocycles. The van der Waals surface area contributed by atoms with Gasteiger partial charge in [-0.2, -0.15) is 0 Å². The van der Waals surface area contributed by atoms with Gasteiger partial charge in [-0.3, -0.25) is 4.79 Å². The molecule has 0 bridgehead atoms. The van der Waals surface area contributed by atoms with Gasteiger partial charge in [0.05, 0.1) is 6.42 Å². The van der Waals surface area contributed by atoms with Crippen molar-refractivity contribution in [2.45, 2.75) is 33.1 Å². The second-order valence-electron chi connectivity index (χ2n) is 5.49.